The van der Waals surface area contributed by atoms with Gasteiger partial charge in [0.25, 0.3) is 5.85 Å². The molecule has 1 heterocycles. The highest BCUT2D eigenvalue weighted by Crippen LogP contribution is 2.34. The number of carbonyl (C=O) groups excluding carboxylic acids is 2. The Morgan fingerprint density at radius 3 is 2.42 bits per heavy atom. The fraction of sp³-hybridized carbons (Fsp3) is 0.286. The van der Waals surface area contributed by atoms with Gasteiger partial charge >= 0.3 is 5.97 Å². The average molecular weight is 263 g/mol. The fourth-order valence-corrected chi connectivity index (χ4v) is 2.06. The molecule has 0 saturated carbocycles. The molecule has 0 N–H and O–H groups in total. The molecule has 2 rings (SSSR count). The molecule has 0 saturated heterocycles. The van der Waals surface area contributed by atoms with E-state index in [1.807, 2.05) is 6.07 Å². The summed E-state index contributed by atoms with van der Waals surface area (Å²) in [4.78, 5) is 23.8. The van der Waals surface area contributed by atoms with Crippen LogP contribution in [0.5, 0.6) is 0 Å². The van der Waals surface area contributed by atoms with E-state index in [0.717, 1.165) is 6.92 Å². The number of nitrogens with zero attached hydrogens (tertiary/aromatic N) is 1. The van der Waals surface area contributed by atoms with Crippen LogP contribution in [-0.4, -0.2) is 29.2 Å². The third kappa shape index (κ3) is 2.81. The molecule has 0 aliphatic carbocycles. The minimum atomic E-state index is -2.26. The van der Waals surface area contributed by atoms with Crippen molar-refractivity contribution in [2.75, 3.05) is 6.54 Å². The van der Waals surface area contributed by atoms with Crippen LogP contribution < -0.4 is 0 Å². The van der Waals surface area contributed by atoms with Crippen molar-refractivity contribution in [2.45, 2.75) is 19.7 Å². The summed E-state index contributed by atoms with van der Waals surface area (Å²) in [5.41, 5.74) is 1.11. The van der Waals surface area contributed by atoms with E-state index in [-0.39, 0.29) is 12.5 Å². The second kappa shape index (κ2) is 4.84. The number of hydrogen-bond donors (Lipinski definition) is 0. The zero-order valence-electron chi connectivity index (χ0n) is 10.7. The first-order chi connectivity index (χ1) is 8.91. The van der Waals surface area contributed by atoms with E-state index in [2.05, 4.69) is 4.74 Å². The Balaban J connectivity index is 2.39. The molecule has 1 aromatic rings. The Morgan fingerprint density at radius 2 is 1.89 bits per heavy atom. The van der Waals surface area contributed by atoms with Crippen LogP contribution >= 0.6 is 0 Å². The number of hydrogen-bond acceptors (Lipinski definition) is 3. The molecule has 1 unspecified atom stereocenters. The smallest absolute Gasteiger partial charge is 0.305 e. The number of esters is 1. The SMILES string of the molecule is CC(=O)OC1(F)C=C(c2ccccc2)N(C(C)=O)C1. The Bertz CT molecular complexity index is 541. The number of alkyl halides is 1. The summed E-state index contributed by atoms with van der Waals surface area (Å²) in [6.07, 6.45) is 1.17. The highest BCUT2D eigenvalue weighted by molar-refractivity contribution is 5.87. The first-order valence-corrected chi connectivity index (χ1v) is 5.86. The van der Waals surface area contributed by atoms with E-state index in [4.69, 9.17) is 0 Å². The van der Waals surface area contributed by atoms with Gasteiger partial charge in [0.05, 0.1) is 5.70 Å². The van der Waals surface area contributed by atoms with E-state index in [1.54, 1.807) is 24.3 Å². The number of rotatable bonds is 2. The lowest BCUT2D eigenvalue weighted by Crippen LogP contribution is -2.36. The molecular weight excluding hydrogens is 249 g/mol. The van der Waals surface area contributed by atoms with Gasteiger partial charge in [-0.25, -0.2) is 0 Å². The van der Waals surface area contributed by atoms with Crippen molar-refractivity contribution >= 4 is 17.6 Å². The standard InChI is InChI=1S/C14H14FNO3/c1-10(17)16-9-14(15,19-11(2)18)8-13(16)12-6-4-3-5-7-12/h3-8H,9H2,1-2H3. The van der Waals surface area contributed by atoms with Crippen molar-refractivity contribution in [1.29, 1.82) is 0 Å². The van der Waals surface area contributed by atoms with E-state index >= 15 is 0 Å². The van der Waals surface area contributed by atoms with E-state index < -0.39 is 11.8 Å². The summed E-state index contributed by atoms with van der Waals surface area (Å²) in [5.74, 6) is -3.29. The quantitative estimate of drug-likeness (QED) is 0.768. The summed E-state index contributed by atoms with van der Waals surface area (Å²) in [7, 11) is 0. The zero-order valence-corrected chi connectivity index (χ0v) is 10.7. The van der Waals surface area contributed by atoms with Gasteiger partial charge in [-0.15, -0.1) is 0 Å². The number of carbonyl (C=O) groups is 2. The van der Waals surface area contributed by atoms with Crippen LogP contribution in [0.15, 0.2) is 36.4 Å². The highest BCUT2D eigenvalue weighted by Gasteiger charge is 2.42. The van der Waals surface area contributed by atoms with E-state index in [1.165, 1.54) is 17.9 Å². The van der Waals surface area contributed by atoms with Crippen LogP contribution in [0.2, 0.25) is 0 Å². The molecule has 1 aromatic carbocycles. The van der Waals surface area contributed by atoms with Gasteiger partial charge in [-0.1, -0.05) is 30.3 Å². The van der Waals surface area contributed by atoms with Crippen LogP contribution in [0.4, 0.5) is 4.39 Å². The van der Waals surface area contributed by atoms with Crippen molar-refractivity contribution in [1.82, 2.24) is 4.90 Å². The number of benzene rings is 1. The van der Waals surface area contributed by atoms with Crippen molar-refractivity contribution in [3.05, 3.63) is 42.0 Å². The van der Waals surface area contributed by atoms with Crippen molar-refractivity contribution < 1.29 is 18.7 Å². The van der Waals surface area contributed by atoms with Gasteiger partial charge in [-0.2, -0.15) is 4.39 Å². The molecule has 0 bridgehead atoms. The Hall–Kier alpha value is -2.17. The summed E-state index contributed by atoms with van der Waals surface area (Å²) in [5, 5.41) is 0. The summed E-state index contributed by atoms with van der Waals surface area (Å²) in [6.45, 7) is 2.16. The van der Waals surface area contributed by atoms with Crippen LogP contribution in [-0.2, 0) is 14.3 Å². The largest absolute Gasteiger partial charge is 0.423 e. The van der Waals surface area contributed by atoms with Crippen molar-refractivity contribution in [3.63, 3.8) is 0 Å². The minimum absolute atomic E-state index is 0.304. The summed E-state index contributed by atoms with van der Waals surface area (Å²) < 4.78 is 19.1. The summed E-state index contributed by atoms with van der Waals surface area (Å²) in [6, 6.07) is 8.94. The predicted octanol–water partition coefficient (Wildman–Crippen LogP) is 2.12. The van der Waals surface area contributed by atoms with Crippen molar-refractivity contribution in [2.24, 2.45) is 0 Å². The molecule has 0 fully saturated rings. The number of halogens is 1. The monoisotopic (exact) mass is 263 g/mol. The second-order valence-electron chi connectivity index (χ2n) is 4.38. The molecule has 1 aliphatic heterocycles. The van der Waals surface area contributed by atoms with Gasteiger partial charge in [-0.05, 0) is 5.56 Å². The molecule has 1 aliphatic rings. The minimum Gasteiger partial charge on any atom is -0.423 e. The predicted molar refractivity (Wildman–Crippen MR) is 67.4 cm³/mol. The van der Waals surface area contributed by atoms with Gasteiger partial charge in [-0.3, -0.25) is 9.59 Å². The topological polar surface area (TPSA) is 46.6 Å². The van der Waals surface area contributed by atoms with E-state index in [0.29, 0.717) is 11.3 Å². The zero-order chi connectivity index (χ0) is 14.0. The molecule has 1 amide bonds. The maximum absolute atomic E-state index is 14.4. The first kappa shape index (κ1) is 13.3. The third-order valence-electron chi connectivity index (χ3n) is 2.78. The lowest BCUT2D eigenvalue weighted by molar-refractivity contribution is -0.169. The van der Waals surface area contributed by atoms with Crippen LogP contribution in [0.1, 0.15) is 19.4 Å². The van der Waals surface area contributed by atoms with Crippen LogP contribution in [0, 0.1) is 0 Å². The molecule has 0 spiro atoms. The molecule has 19 heavy (non-hydrogen) atoms. The van der Waals surface area contributed by atoms with Gasteiger partial charge in [0, 0.05) is 19.9 Å². The summed E-state index contributed by atoms with van der Waals surface area (Å²) >= 11 is 0. The molecule has 100 valence electrons. The fourth-order valence-electron chi connectivity index (χ4n) is 2.06. The molecule has 4 nitrogen and oxygen atoms in total. The molecular formula is C14H14FNO3. The van der Waals surface area contributed by atoms with Crippen LogP contribution in [0.3, 0.4) is 0 Å². The average Bonchev–Trinajstić information content (AvgIpc) is 2.67. The molecule has 1 atom stereocenters. The van der Waals surface area contributed by atoms with E-state index in [9.17, 15) is 14.0 Å². The van der Waals surface area contributed by atoms with Gasteiger partial charge < -0.3 is 9.64 Å². The van der Waals surface area contributed by atoms with Gasteiger partial charge in [0.15, 0.2) is 0 Å². The first-order valence-electron chi connectivity index (χ1n) is 5.86. The van der Waals surface area contributed by atoms with Gasteiger partial charge in [0.2, 0.25) is 5.91 Å². The second-order valence-corrected chi connectivity index (χ2v) is 4.38. The lowest BCUT2D eigenvalue weighted by Gasteiger charge is -2.21. The third-order valence-corrected chi connectivity index (χ3v) is 2.78. The number of amides is 1. The maximum atomic E-state index is 14.4. The maximum Gasteiger partial charge on any atom is 0.305 e. The molecule has 0 radical (unpaired) electrons. The molecule has 0 aromatic heterocycles. The normalized spacial score (nSPS) is 22.1. The highest BCUT2D eigenvalue weighted by atomic mass is 19.2. The van der Waals surface area contributed by atoms with Gasteiger partial charge in [0.1, 0.15) is 6.54 Å². The lowest BCUT2D eigenvalue weighted by atomic mass is 10.1. The van der Waals surface area contributed by atoms with Crippen LogP contribution in [0.25, 0.3) is 5.70 Å². The Kier molecular flexibility index (Phi) is 3.38. The Labute approximate surface area is 110 Å². The molecule has 5 heteroatoms. The Morgan fingerprint density at radius 1 is 1.26 bits per heavy atom. The van der Waals surface area contributed by atoms with Crippen molar-refractivity contribution in [3.8, 4) is 0 Å². The number of ether oxygens (including phenoxy) is 1.